The lowest BCUT2D eigenvalue weighted by molar-refractivity contribution is 0.508. The summed E-state index contributed by atoms with van der Waals surface area (Å²) in [5.74, 6) is 2.58. The van der Waals surface area contributed by atoms with E-state index in [1.54, 1.807) is 23.1 Å². The molecule has 0 radical (unpaired) electrons. The zero-order valence-electron chi connectivity index (χ0n) is 17.4. The molecule has 1 atom stereocenters. The first kappa shape index (κ1) is 20.0. The maximum atomic E-state index is 4.83. The number of thiophene rings is 1. The molecular weight excluding hydrogens is 428 g/mol. The summed E-state index contributed by atoms with van der Waals surface area (Å²) in [6, 6.07) is 8.52. The van der Waals surface area contributed by atoms with E-state index in [2.05, 4.69) is 70.7 Å². The second kappa shape index (κ2) is 8.29. The van der Waals surface area contributed by atoms with Gasteiger partial charge in [-0.3, -0.25) is 0 Å². The minimum absolute atomic E-state index is 0.789. The van der Waals surface area contributed by atoms with E-state index in [1.807, 2.05) is 11.3 Å². The fraction of sp³-hybridized carbons (Fsp3) is 0.348. The van der Waals surface area contributed by atoms with Crippen molar-refractivity contribution in [1.82, 2.24) is 19.7 Å². The van der Waals surface area contributed by atoms with Crippen molar-refractivity contribution in [3.05, 3.63) is 56.7 Å². The molecule has 4 aromatic rings. The maximum Gasteiger partial charge on any atom is 0.191 e. The van der Waals surface area contributed by atoms with Crippen LogP contribution in [0.3, 0.4) is 0 Å². The number of hydrogen-bond donors (Lipinski definition) is 0. The van der Waals surface area contributed by atoms with Gasteiger partial charge < -0.3 is 4.57 Å². The monoisotopic (exact) mass is 452 g/mol. The third kappa shape index (κ3) is 3.86. The van der Waals surface area contributed by atoms with Crippen LogP contribution in [0.25, 0.3) is 22.0 Å². The molecule has 0 fully saturated rings. The van der Waals surface area contributed by atoms with Crippen LogP contribution < -0.4 is 0 Å². The zero-order valence-corrected chi connectivity index (χ0v) is 19.8. The molecular formula is C23H24N4S3. The molecule has 1 aliphatic rings. The highest BCUT2D eigenvalue weighted by Crippen LogP contribution is 2.38. The van der Waals surface area contributed by atoms with Crippen molar-refractivity contribution in [2.45, 2.75) is 44.0 Å². The number of aryl methyl sites for hydroxylation is 1. The van der Waals surface area contributed by atoms with Crippen LogP contribution in [-0.4, -0.2) is 19.7 Å². The van der Waals surface area contributed by atoms with Crippen molar-refractivity contribution < 1.29 is 0 Å². The van der Waals surface area contributed by atoms with Crippen LogP contribution in [0.1, 0.15) is 35.0 Å². The van der Waals surface area contributed by atoms with E-state index in [-0.39, 0.29) is 0 Å². The second-order valence-electron chi connectivity index (χ2n) is 8.07. The first-order chi connectivity index (χ1) is 14.6. The van der Waals surface area contributed by atoms with Gasteiger partial charge in [0.1, 0.15) is 5.01 Å². The maximum absolute atomic E-state index is 4.83. The minimum Gasteiger partial charge on any atom is -0.305 e. The Morgan fingerprint density at radius 3 is 2.97 bits per heavy atom. The van der Waals surface area contributed by atoms with Crippen molar-refractivity contribution in [3.63, 3.8) is 0 Å². The SMILES string of the molecule is Cc1cccc(-c2nc(CSc3nnc(-c4csc5c4CC[C@H](C)C5)n3C)cs2)c1. The Bertz CT molecular complexity index is 1190. The van der Waals surface area contributed by atoms with Gasteiger partial charge in [-0.1, -0.05) is 42.4 Å². The van der Waals surface area contributed by atoms with Gasteiger partial charge in [0, 0.05) is 39.6 Å². The van der Waals surface area contributed by atoms with Gasteiger partial charge in [-0.15, -0.1) is 32.9 Å². The topological polar surface area (TPSA) is 43.6 Å². The van der Waals surface area contributed by atoms with Gasteiger partial charge >= 0.3 is 0 Å². The average molecular weight is 453 g/mol. The largest absolute Gasteiger partial charge is 0.305 e. The zero-order chi connectivity index (χ0) is 20.7. The van der Waals surface area contributed by atoms with Crippen molar-refractivity contribution in [1.29, 1.82) is 0 Å². The number of benzene rings is 1. The molecule has 30 heavy (non-hydrogen) atoms. The predicted octanol–water partition coefficient (Wildman–Crippen LogP) is 6.39. The van der Waals surface area contributed by atoms with E-state index in [4.69, 9.17) is 4.98 Å². The van der Waals surface area contributed by atoms with Gasteiger partial charge in [0.25, 0.3) is 0 Å². The van der Waals surface area contributed by atoms with Crippen LogP contribution in [0.4, 0.5) is 0 Å². The van der Waals surface area contributed by atoms with Crippen LogP contribution in [0.2, 0.25) is 0 Å². The summed E-state index contributed by atoms with van der Waals surface area (Å²) in [5.41, 5.74) is 6.31. The summed E-state index contributed by atoms with van der Waals surface area (Å²) in [5, 5.41) is 15.5. The van der Waals surface area contributed by atoms with Gasteiger partial charge in [0.05, 0.1) is 5.69 Å². The Morgan fingerprint density at radius 2 is 2.10 bits per heavy atom. The summed E-state index contributed by atoms with van der Waals surface area (Å²) in [4.78, 5) is 6.36. The molecule has 0 bridgehead atoms. The molecule has 7 heteroatoms. The molecule has 5 rings (SSSR count). The Labute approximate surface area is 189 Å². The molecule has 4 nitrogen and oxygen atoms in total. The molecule has 0 N–H and O–H groups in total. The van der Waals surface area contributed by atoms with E-state index in [9.17, 15) is 0 Å². The third-order valence-electron chi connectivity index (χ3n) is 5.64. The molecule has 0 aliphatic heterocycles. The third-order valence-corrected chi connectivity index (χ3v) is 8.69. The van der Waals surface area contributed by atoms with E-state index in [0.29, 0.717) is 0 Å². The van der Waals surface area contributed by atoms with E-state index in [0.717, 1.165) is 39.8 Å². The van der Waals surface area contributed by atoms with Crippen molar-refractivity contribution >= 4 is 34.4 Å². The first-order valence-electron chi connectivity index (χ1n) is 10.2. The van der Waals surface area contributed by atoms with Gasteiger partial charge in [-0.25, -0.2) is 4.98 Å². The van der Waals surface area contributed by atoms with Crippen molar-refractivity contribution in [2.24, 2.45) is 13.0 Å². The standard InChI is InChI=1S/C23H24N4S3/c1-14-5-4-6-16(9-14)22-24-17(11-29-22)12-30-23-26-25-21(27(23)3)19-13-28-20-10-15(2)7-8-18(19)20/h4-6,9,11,13,15H,7-8,10,12H2,1-3H3/t15-/m0/s1. The molecule has 154 valence electrons. The van der Waals surface area contributed by atoms with Crippen LogP contribution >= 0.6 is 34.4 Å². The fourth-order valence-electron chi connectivity index (χ4n) is 3.96. The van der Waals surface area contributed by atoms with Gasteiger partial charge in [0.2, 0.25) is 0 Å². The number of aromatic nitrogens is 4. The highest BCUT2D eigenvalue weighted by atomic mass is 32.2. The summed E-state index contributed by atoms with van der Waals surface area (Å²) in [6.45, 7) is 4.47. The van der Waals surface area contributed by atoms with E-state index < -0.39 is 0 Å². The molecule has 3 heterocycles. The van der Waals surface area contributed by atoms with Gasteiger partial charge in [-0.05, 0) is 43.7 Å². The summed E-state index contributed by atoms with van der Waals surface area (Å²) in [7, 11) is 2.08. The highest BCUT2D eigenvalue weighted by Gasteiger charge is 2.23. The number of rotatable bonds is 5. The Morgan fingerprint density at radius 1 is 1.20 bits per heavy atom. The van der Waals surface area contributed by atoms with Crippen LogP contribution in [0, 0.1) is 12.8 Å². The molecule has 0 amide bonds. The summed E-state index contributed by atoms with van der Waals surface area (Å²) < 4.78 is 2.14. The Balaban J connectivity index is 1.31. The number of fused-ring (bicyclic) bond motifs is 1. The van der Waals surface area contributed by atoms with Crippen LogP contribution in [0.5, 0.6) is 0 Å². The van der Waals surface area contributed by atoms with Gasteiger partial charge in [0.15, 0.2) is 11.0 Å². The summed E-state index contributed by atoms with van der Waals surface area (Å²) in [6.07, 6.45) is 3.63. The number of nitrogens with zero attached hydrogens (tertiary/aromatic N) is 4. The lowest BCUT2D eigenvalue weighted by Crippen LogP contribution is -2.09. The smallest absolute Gasteiger partial charge is 0.191 e. The molecule has 1 aliphatic carbocycles. The van der Waals surface area contributed by atoms with E-state index >= 15 is 0 Å². The minimum atomic E-state index is 0.789. The van der Waals surface area contributed by atoms with Crippen LogP contribution in [-0.2, 0) is 25.6 Å². The molecule has 1 aromatic carbocycles. The Kier molecular flexibility index (Phi) is 5.52. The molecule has 0 unspecified atom stereocenters. The molecule has 0 saturated heterocycles. The highest BCUT2D eigenvalue weighted by molar-refractivity contribution is 7.98. The quantitative estimate of drug-likeness (QED) is 0.329. The lowest BCUT2D eigenvalue weighted by atomic mass is 9.88. The number of thiazole rings is 1. The fourth-order valence-corrected chi connectivity index (χ4v) is 6.93. The van der Waals surface area contributed by atoms with E-state index in [1.165, 1.54) is 40.0 Å². The average Bonchev–Trinajstić information content (AvgIpc) is 3.45. The van der Waals surface area contributed by atoms with Crippen LogP contribution in [0.15, 0.2) is 40.2 Å². The first-order valence-corrected chi connectivity index (χ1v) is 13.0. The summed E-state index contributed by atoms with van der Waals surface area (Å²) >= 11 is 5.29. The Hall–Kier alpha value is -1.96. The molecule has 0 saturated carbocycles. The predicted molar refractivity (Wildman–Crippen MR) is 127 cm³/mol. The second-order valence-corrected chi connectivity index (χ2v) is 10.8. The number of thioether (sulfide) groups is 1. The van der Waals surface area contributed by atoms with Gasteiger partial charge in [-0.2, -0.15) is 0 Å². The normalized spacial score (nSPS) is 16.0. The lowest BCUT2D eigenvalue weighted by Gasteiger charge is -2.18. The van der Waals surface area contributed by atoms with Crippen molar-refractivity contribution in [3.8, 4) is 22.0 Å². The van der Waals surface area contributed by atoms with Crippen molar-refractivity contribution in [2.75, 3.05) is 0 Å². The number of hydrogen-bond acceptors (Lipinski definition) is 6. The molecule has 3 aromatic heterocycles. The molecule has 0 spiro atoms.